The number of nitrogens with one attached hydrogen (secondary N) is 1. The van der Waals surface area contributed by atoms with Gasteiger partial charge in [0.05, 0.1) is 5.69 Å². The van der Waals surface area contributed by atoms with Crippen LogP contribution in [0.5, 0.6) is 0 Å². The van der Waals surface area contributed by atoms with Crippen LogP contribution >= 0.6 is 23.1 Å². The van der Waals surface area contributed by atoms with Gasteiger partial charge in [0.2, 0.25) is 0 Å². The molecule has 0 spiro atoms. The van der Waals surface area contributed by atoms with Crippen LogP contribution in [0.2, 0.25) is 0 Å². The van der Waals surface area contributed by atoms with Crippen LogP contribution in [-0.4, -0.2) is 22.5 Å². The maximum atomic E-state index is 4.72. The van der Waals surface area contributed by atoms with Crippen LogP contribution in [-0.2, 0) is 6.54 Å². The van der Waals surface area contributed by atoms with Gasteiger partial charge in [-0.15, -0.1) is 11.3 Å². The van der Waals surface area contributed by atoms with Crippen LogP contribution in [0.1, 0.15) is 24.3 Å². The average molecular weight is 304 g/mol. The number of rotatable bonds is 6. The molecule has 0 radical (unpaired) electrons. The summed E-state index contributed by atoms with van der Waals surface area (Å²) in [6.07, 6.45) is 6.33. The first-order chi connectivity index (χ1) is 9.81. The Hall–Kier alpha value is -0.840. The summed E-state index contributed by atoms with van der Waals surface area (Å²) < 4.78 is 0.500. The predicted octanol–water partition coefficient (Wildman–Crippen LogP) is 4.19. The molecule has 1 aliphatic carbocycles. The van der Waals surface area contributed by atoms with Crippen molar-refractivity contribution in [3.63, 3.8) is 0 Å². The number of thiazole rings is 1. The van der Waals surface area contributed by atoms with Crippen molar-refractivity contribution in [3.05, 3.63) is 40.7 Å². The molecule has 0 amide bonds. The molecule has 106 valence electrons. The van der Waals surface area contributed by atoms with Crippen LogP contribution in [0.25, 0.3) is 11.3 Å². The molecular formula is C16H20N2S2. The highest BCUT2D eigenvalue weighted by atomic mass is 32.2. The second-order valence-corrected chi connectivity index (χ2v) is 7.55. The second-order valence-electron chi connectivity index (χ2n) is 5.34. The molecule has 3 rings (SSSR count). The highest BCUT2D eigenvalue weighted by Gasteiger charge is 2.35. The van der Waals surface area contributed by atoms with E-state index in [2.05, 4.69) is 41.2 Å². The number of hydrogen-bond donors (Lipinski definition) is 1. The van der Waals surface area contributed by atoms with E-state index in [1.807, 2.05) is 17.8 Å². The molecule has 4 heteroatoms. The molecule has 2 aromatic rings. The van der Waals surface area contributed by atoms with E-state index in [-0.39, 0.29) is 0 Å². The monoisotopic (exact) mass is 304 g/mol. The van der Waals surface area contributed by atoms with Crippen LogP contribution in [0.3, 0.4) is 0 Å². The van der Waals surface area contributed by atoms with E-state index in [0.717, 1.165) is 18.8 Å². The van der Waals surface area contributed by atoms with Gasteiger partial charge in [-0.3, -0.25) is 0 Å². The SMILES string of the molecule is CSC1(CNCc2nc(-c3ccccc3)cs2)CCC1. The van der Waals surface area contributed by atoms with Crippen molar-refractivity contribution in [2.24, 2.45) is 0 Å². The van der Waals surface area contributed by atoms with E-state index in [4.69, 9.17) is 4.98 Å². The molecule has 0 atom stereocenters. The zero-order valence-corrected chi connectivity index (χ0v) is 13.4. The molecule has 1 saturated carbocycles. The minimum absolute atomic E-state index is 0.500. The van der Waals surface area contributed by atoms with Crippen molar-refractivity contribution in [1.82, 2.24) is 10.3 Å². The summed E-state index contributed by atoms with van der Waals surface area (Å²) in [7, 11) is 0. The van der Waals surface area contributed by atoms with Gasteiger partial charge in [-0.05, 0) is 19.1 Å². The van der Waals surface area contributed by atoms with Crippen molar-refractivity contribution in [2.45, 2.75) is 30.6 Å². The number of hydrogen-bond acceptors (Lipinski definition) is 4. The van der Waals surface area contributed by atoms with E-state index < -0.39 is 0 Å². The van der Waals surface area contributed by atoms with Crippen LogP contribution < -0.4 is 5.32 Å². The zero-order chi connectivity index (χ0) is 13.8. The minimum atomic E-state index is 0.500. The molecular weight excluding hydrogens is 284 g/mol. The number of benzene rings is 1. The van der Waals surface area contributed by atoms with Crippen molar-refractivity contribution in [2.75, 3.05) is 12.8 Å². The summed E-state index contributed by atoms with van der Waals surface area (Å²) in [4.78, 5) is 4.72. The molecule has 0 saturated heterocycles. The number of thioether (sulfide) groups is 1. The molecule has 20 heavy (non-hydrogen) atoms. The highest BCUT2D eigenvalue weighted by molar-refractivity contribution is 8.00. The molecule has 0 bridgehead atoms. The van der Waals surface area contributed by atoms with E-state index in [1.54, 1.807) is 11.3 Å². The Morgan fingerprint density at radius 2 is 2.10 bits per heavy atom. The fourth-order valence-electron chi connectivity index (χ4n) is 2.56. The Balaban J connectivity index is 1.55. The Kier molecular flexibility index (Phi) is 4.44. The van der Waals surface area contributed by atoms with Gasteiger partial charge in [0.25, 0.3) is 0 Å². The summed E-state index contributed by atoms with van der Waals surface area (Å²) in [6.45, 7) is 1.99. The van der Waals surface area contributed by atoms with Gasteiger partial charge in [-0.25, -0.2) is 4.98 Å². The summed E-state index contributed by atoms with van der Waals surface area (Å²) >= 11 is 3.76. The lowest BCUT2D eigenvalue weighted by molar-refractivity contribution is 0.345. The van der Waals surface area contributed by atoms with Gasteiger partial charge in [-0.2, -0.15) is 11.8 Å². The lowest BCUT2D eigenvalue weighted by atomic mass is 9.84. The topological polar surface area (TPSA) is 24.9 Å². The molecule has 1 heterocycles. The third-order valence-corrected chi connectivity index (χ3v) is 6.31. The van der Waals surface area contributed by atoms with Crippen molar-refractivity contribution >= 4 is 23.1 Å². The lowest BCUT2D eigenvalue weighted by Crippen LogP contribution is -2.43. The Morgan fingerprint density at radius 1 is 1.30 bits per heavy atom. The largest absolute Gasteiger partial charge is 0.309 e. The maximum absolute atomic E-state index is 4.72. The van der Waals surface area contributed by atoms with Gasteiger partial charge in [-0.1, -0.05) is 36.8 Å². The molecule has 1 aromatic heterocycles. The first kappa shape index (κ1) is 14.1. The summed E-state index contributed by atoms with van der Waals surface area (Å²) in [5.74, 6) is 0. The Labute approximate surface area is 129 Å². The summed E-state index contributed by atoms with van der Waals surface area (Å²) in [5, 5.41) is 6.92. The fourth-order valence-corrected chi connectivity index (χ4v) is 4.27. The number of aromatic nitrogens is 1. The fraction of sp³-hybridized carbons (Fsp3) is 0.438. The van der Waals surface area contributed by atoms with E-state index in [1.165, 1.54) is 29.8 Å². The lowest BCUT2D eigenvalue weighted by Gasteiger charge is -2.40. The smallest absolute Gasteiger partial charge is 0.107 e. The van der Waals surface area contributed by atoms with Crippen LogP contribution in [0.4, 0.5) is 0 Å². The minimum Gasteiger partial charge on any atom is -0.309 e. The van der Waals surface area contributed by atoms with E-state index in [9.17, 15) is 0 Å². The Bertz CT molecular complexity index is 541. The second kappa shape index (κ2) is 6.29. The third-order valence-electron chi connectivity index (χ3n) is 4.04. The molecule has 1 N–H and O–H groups in total. The first-order valence-corrected chi connectivity index (χ1v) is 9.17. The average Bonchev–Trinajstić information content (AvgIpc) is 2.92. The zero-order valence-electron chi connectivity index (χ0n) is 11.8. The standard InChI is InChI=1S/C16H20N2S2/c1-19-16(8-5-9-16)12-17-10-15-18-14(11-20-15)13-6-3-2-4-7-13/h2-4,6-7,11,17H,5,8-10,12H2,1H3. The summed E-state index contributed by atoms with van der Waals surface area (Å²) in [5.41, 5.74) is 2.30. The highest BCUT2D eigenvalue weighted by Crippen LogP contribution is 2.42. The van der Waals surface area contributed by atoms with E-state index in [0.29, 0.717) is 4.75 Å². The van der Waals surface area contributed by atoms with Crippen molar-refractivity contribution in [3.8, 4) is 11.3 Å². The predicted molar refractivity (Wildman–Crippen MR) is 89.4 cm³/mol. The molecule has 0 unspecified atom stereocenters. The van der Waals surface area contributed by atoms with Gasteiger partial charge >= 0.3 is 0 Å². The Morgan fingerprint density at radius 3 is 2.75 bits per heavy atom. The normalized spacial score (nSPS) is 16.9. The van der Waals surface area contributed by atoms with Crippen LogP contribution in [0.15, 0.2) is 35.7 Å². The molecule has 1 aliphatic rings. The van der Waals surface area contributed by atoms with Crippen LogP contribution in [0, 0.1) is 0 Å². The molecule has 1 fully saturated rings. The number of nitrogens with zero attached hydrogens (tertiary/aromatic N) is 1. The molecule has 2 nitrogen and oxygen atoms in total. The maximum Gasteiger partial charge on any atom is 0.107 e. The first-order valence-electron chi connectivity index (χ1n) is 7.07. The quantitative estimate of drug-likeness (QED) is 0.866. The molecule has 0 aliphatic heterocycles. The van der Waals surface area contributed by atoms with Gasteiger partial charge in [0.15, 0.2) is 0 Å². The van der Waals surface area contributed by atoms with Gasteiger partial charge in [0, 0.05) is 28.8 Å². The van der Waals surface area contributed by atoms with E-state index >= 15 is 0 Å². The van der Waals surface area contributed by atoms with Gasteiger partial charge < -0.3 is 5.32 Å². The van der Waals surface area contributed by atoms with Crippen molar-refractivity contribution in [1.29, 1.82) is 0 Å². The van der Waals surface area contributed by atoms with Crippen molar-refractivity contribution < 1.29 is 0 Å². The van der Waals surface area contributed by atoms with Gasteiger partial charge in [0.1, 0.15) is 5.01 Å². The molecule has 1 aromatic carbocycles. The third kappa shape index (κ3) is 3.08. The summed E-state index contributed by atoms with van der Waals surface area (Å²) in [6, 6.07) is 10.4.